The first-order chi connectivity index (χ1) is 6.77. The Morgan fingerprint density at radius 3 is 2.71 bits per heavy atom. The van der Waals surface area contributed by atoms with Crippen LogP contribution in [-0.4, -0.2) is 30.8 Å². The molecule has 0 aromatic carbocycles. The van der Waals surface area contributed by atoms with Crippen LogP contribution in [0.4, 0.5) is 0 Å². The third-order valence-corrected chi connectivity index (χ3v) is 4.87. The van der Waals surface area contributed by atoms with E-state index in [9.17, 15) is 0 Å². The Labute approximate surface area is 94.5 Å². The van der Waals surface area contributed by atoms with Crippen LogP contribution >= 0.6 is 15.9 Å². The van der Waals surface area contributed by atoms with Crippen molar-refractivity contribution in [3.63, 3.8) is 0 Å². The second kappa shape index (κ2) is 4.50. The monoisotopic (exact) mass is 262 g/mol. The molecule has 0 aromatic rings. The summed E-state index contributed by atoms with van der Waals surface area (Å²) >= 11 is 3.65. The molecular formula is C11H19BrO2. The first kappa shape index (κ1) is 10.9. The summed E-state index contributed by atoms with van der Waals surface area (Å²) in [7, 11) is 0. The first-order valence-corrected chi connectivity index (χ1v) is 6.68. The summed E-state index contributed by atoms with van der Waals surface area (Å²) in [6.45, 7) is 4.07. The van der Waals surface area contributed by atoms with Gasteiger partial charge in [0.25, 0.3) is 0 Å². The molecule has 2 aliphatic rings. The van der Waals surface area contributed by atoms with E-state index >= 15 is 0 Å². The van der Waals surface area contributed by atoms with Gasteiger partial charge in [0.2, 0.25) is 0 Å². The third kappa shape index (κ3) is 2.00. The lowest BCUT2D eigenvalue weighted by molar-refractivity contribution is 0.0261. The summed E-state index contributed by atoms with van der Waals surface area (Å²) < 4.78 is 11.4. The highest BCUT2D eigenvalue weighted by atomic mass is 79.9. The van der Waals surface area contributed by atoms with Gasteiger partial charge in [-0.3, -0.25) is 0 Å². The van der Waals surface area contributed by atoms with Crippen molar-refractivity contribution in [3.8, 4) is 0 Å². The van der Waals surface area contributed by atoms with Crippen LogP contribution in [0.1, 0.15) is 32.6 Å². The van der Waals surface area contributed by atoms with Crippen molar-refractivity contribution < 1.29 is 9.47 Å². The van der Waals surface area contributed by atoms with E-state index < -0.39 is 0 Å². The van der Waals surface area contributed by atoms with Crippen molar-refractivity contribution >= 4 is 15.9 Å². The molecule has 2 saturated heterocycles. The normalized spacial score (nSPS) is 43.3. The lowest BCUT2D eigenvalue weighted by Crippen LogP contribution is -2.34. The fraction of sp³-hybridized carbons (Fsp3) is 1.00. The third-order valence-electron chi connectivity index (χ3n) is 3.75. The summed E-state index contributed by atoms with van der Waals surface area (Å²) in [6.07, 6.45) is 5.68. The van der Waals surface area contributed by atoms with E-state index in [1.807, 2.05) is 0 Å². The molecule has 3 heteroatoms. The Kier molecular flexibility index (Phi) is 3.50. The summed E-state index contributed by atoms with van der Waals surface area (Å²) in [5.74, 6) is 0. The van der Waals surface area contributed by atoms with Crippen molar-refractivity contribution in [2.45, 2.75) is 44.8 Å². The van der Waals surface area contributed by atoms with Gasteiger partial charge in [0.15, 0.2) is 0 Å². The van der Waals surface area contributed by atoms with Gasteiger partial charge in [-0.2, -0.15) is 0 Å². The van der Waals surface area contributed by atoms with E-state index in [4.69, 9.17) is 9.47 Å². The molecule has 0 saturated carbocycles. The number of hydrogen-bond donors (Lipinski definition) is 0. The van der Waals surface area contributed by atoms with Crippen molar-refractivity contribution in [2.75, 3.05) is 18.5 Å². The van der Waals surface area contributed by atoms with Crippen molar-refractivity contribution in [1.82, 2.24) is 0 Å². The Morgan fingerprint density at radius 1 is 1.36 bits per heavy atom. The van der Waals surface area contributed by atoms with Crippen LogP contribution in [0.15, 0.2) is 0 Å². The molecule has 0 amide bonds. The predicted octanol–water partition coefficient (Wildman–Crippen LogP) is 2.75. The summed E-state index contributed by atoms with van der Waals surface area (Å²) in [6, 6.07) is 0. The Hall–Kier alpha value is 0.400. The van der Waals surface area contributed by atoms with E-state index in [1.54, 1.807) is 0 Å². The minimum atomic E-state index is 0.328. The Bertz CT molecular complexity index is 192. The minimum Gasteiger partial charge on any atom is -0.378 e. The molecule has 14 heavy (non-hydrogen) atoms. The van der Waals surface area contributed by atoms with Crippen LogP contribution < -0.4 is 0 Å². The molecule has 0 aromatic heterocycles. The molecular weight excluding hydrogens is 244 g/mol. The van der Waals surface area contributed by atoms with Gasteiger partial charge < -0.3 is 9.47 Å². The van der Waals surface area contributed by atoms with E-state index in [1.165, 1.54) is 25.7 Å². The zero-order chi connectivity index (χ0) is 10.0. The number of hydrogen-bond acceptors (Lipinski definition) is 2. The van der Waals surface area contributed by atoms with Gasteiger partial charge in [-0.15, -0.1) is 0 Å². The zero-order valence-electron chi connectivity index (χ0n) is 8.80. The molecule has 2 aliphatic heterocycles. The van der Waals surface area contributed by atoms with Crippen molar-refractivity contribution in [3.05, 3.63) is 0 Å². The molecule has 2 heterocycles. The topological polar surface area (TPSA) is 18.5 Å². The molecule has 2 fully saturated rings. The van der Waals surface area contributed by atoms with Gasteiger partial charge in [-0.05, 0) is 32.6 Å². The number of halogens is 1. The minimum absolute atomic E-state index is 0.328. The number of ether oxygens (including phenoxy) is 2. The van der Waals surface area contributed by atoms with Crippen molar-refractivity contribution in [1.29, 1.82) is 0 Å². The standard InChI is InChI=1S/C11H19BrO2/c1-9-11(8-12,4-6-13-9)7-10-3-2-5-14-10/h9-10H,2-8H2,1H3. The number of alkyl halides is 1. The molecule has 0 bridgehead atoms. The molecule has 0 radical (unpaired) electrons. The molecule has 3 atom stereocenters. The highest BCUT2D eigenvalue weighted by Gasteiger charge is 2.42. The van der Waals surface area contributed by atoms with Crippen LogP contribution in [0.5, 0.6) is 0 Å². The maximum atomic E-state index is 5.71. The molecule has 2 nitrogen and oxygen atoms in total. The second-order valence-corrected chi connectivity index (χ2v) is 5.16. The maximum Gasteiger partial charge on any atom is 0.0613 e. The van der Waals surface area contributed by atoms with E-state index in [2.05, 4.69) is 22.9 Å². The average Bonchev–Trinajstić information content (AvgIpc) is 2.79. The fourth-order valence-corrected chi connectivity index (χ4v) is 3.54. The van der Waals surface area contributed by atoms with Gasteiger partial charge in [0.05, 0.1) is 12.2 Å². The second-order valence-electron chi connectivity index (χ2n) is 4.60. The van der Waals surface area contributed by atoms with E-state index in [0.717, 1.165) is 18.5 Å². The predicted molar refractivity (Wildman–Crippen MR) is 59.8 cm³/mol. The van der Waals surface area contributed by atoms with Gasteiger partial charge in [0.1, 0.15) is 0 Å². The van der Waals surface area contributed by atoms with Gasteiger partial charge >= 0.3 is 0 Å². The van der Waals surface area contributed by atoms with Crippen molar-refractivity contribution in [2.24, 2.45) is 5.41 Å². The highest BCUT2D eigenvalue weighted by molar-refractivity contribution is 9.09. The lowest BCUT2D eigenvalue weighted by atomic mass is 9.78. The molecule has 82 valence electrons. The number of rotatable bonds is 3. The molecule has 0 N–H and O–H groups in total. The zero-order valence-corrected chi connectivity index (χ0v) is 10.4. The smallest absolute Gasteiger partial charge is 0.0613 e. The quantitative estimate of drug-likeness (QED) is 0.729. The SMILES string of the molecule is CC1OCCC1(CBr)CC1CCCO1. The van der Waals surface area contributed by atoms with Gasteiger partial charge in [-0.1, -0.05) is 15.9 Å². The van der Waals surface area contributed by atoms with Crippen LogP contribution in [-0.2, 0) is 9.47 Å². The fourth-order valence-electron chi connectivity index (χ4n) is 2.58. The molecule has 0 aliphatic carbocycles. The van der Waals surface area contributed by atoms with Crippen LogP contribution in [0.2, 0.25) is 0 Å². The summed E-state index contributed by atoms with van der Waals surface area (Å²) in [5.41, 5.74) is 0.328. The van der Waals surface area contributed by atoms with E-state index in [-0.39, 0.29) is 0 Å². The largest absolute Gasteiger partial charge is 0.378 e. The first-order valence-electron chi connectivity index (χ1n) is 5.56. The highest BCUT2D eigenvalue weighted by Crippen LogP contribution is 2.42. The summed E-state index contributed by atoms with van der Waals surface area (Å²) in [4.78, 5) is 0. The Balaban J connectivity index is 1.97. The Morgan fingerprint density at radius 2 is 2.21 bits per heavy atom. The van der Waals surface area contributed by atoms with Crippen LogP contribution in [0.3, 0.4) is 0 Å². The molecule has 3 unspecified atom stereocenters. The van der Waals surface area contributed by atoms with Crippen LogP contribution in [0.25, 0.3) is 0 Å². The van der Waals surface area contributed by atoms with Gasteiger partial charge in [-0.25, -0.2) is 0 Å². The average molecular weight is 263 g/mol. The summed E-state index contributed by atoms with van der Waals surface area (Å²) in [5, 5.41) is 1.04. The maximum absolute atomic E-state index is 5.71. The molecule has 2 rings (SSSR count). The lowest BCUT2D eigenvalue weighted by Gasteiger charge is -2.32. The molecule has 0 spiro atoms. The van der Waals surface area contributed by atoms with Crippen LogP contribution in [0, 0.1) is 5.41 Å². The van der Waals surface area contributed by atoms with Gasteiger partial charge in [0, 0.05) is 24.0 Å². The van der Waals surface area contributed by atoms with E-state index in [0.29, 0.717) is 17.6 Å².